The average molecular weight is 193 g/mol. The molecule has 0 spiro atoms. The molecule has 76 valence electrons. The number of carbonyl (C=O) groups is 1. The van der Waals surface area contributed by atoms with Crippen LogP contribution < -0.4 is 10.5 Å². The van der Waals surface area contributed by atoms with E-state index in [-0.39, 0.29) is 5.92 Å². The summed E-state index contributed by atoms with van der Waals surface area (Å²) < 4.78 is 5.33. The van der Waals surface area contributed by atoms with Crippen molar-refractivity contribution in [1.82, 2.24) is 0 Å². The molecule has 0 aliphatic carbocycles. The van der Waals surface area contributed by atoms with Crippen LogP contribution in [-0.4, -0.2) is 12.9 Å². The van der Waals surface area contributed by atoms with Crippen molar-refractivity contribution in [3.63, 3.8) is 0 Å². The highest BCUT2D eigenvalue weighted by atomic mass is 16.5. The average Bonchev–Trinajstić information content (AvgIpc) is 2.16. The number of hydrogen-bond donors (Lipinski definition) is 1. The van der Waals surface area contributed by atoms with Gasteiger partial charge in [-0.05, 0) is 24.6 Å². The molecule has 1 rings (SSSR count). The third-order valence-electron chi connectivity index (χ3n) is 1.99. The fourth-order valence-electron chi connectivity index (χ4n) is 1.24. The minimum absolute atomic E-state index is 0.141. The Kier molecular flexibility index (Phi) is 3.51. The van der Waals surface area contributed by atoms with Crippen molar-refractivity contribution >= 4 is 12.0 Å². The molecule has 0 radical (unpaired) electrons. The summed E-state index contributed by atoms with van der Waals surface area (Å²) in [4.78, 5) is 10.6. The van der Waals surface area contributed by atoms with Crippen molar-refractivity contribution in [3.8, 4) is 5.75 Å². The second-order valence-corrected chi connectivity index (χ2v) is 3.19. The maximum atomic E-state index is 10.6. The maximum absolute atomic E-state index is 10.6. The zero-order valence-corrected chi connectivity index (χ0v) is 8.49. The molecule has 0 saturated heterocycles. The number of nitrogens with two attached hydrogens (primary N) is 1. The van der Waals surface area contributed by atoms with E-state index in [1.807, 2.05) is 19.9 Å². The summed E-state index contributed by atoms with van der Waals surface area (Å²) in [5.74, 6) is 0.578. The summed E-state index contributed by atoms with van der Waals surface area (Å²) in [6.45, 7) is 4.34. The third kappa shape index (κ3) is 2.49. The van der Waals surface area contributed by atoms with Gasteiger partial charge in [0.2, 0.25) is 0 Å². The topological polar surface area (TPSA) is 52.3 Å². The Labute approximate surface area is 83.9 Å². The first-order valence-corrected chi connectivity index (χ1v) is 4.66. The fourth-order valence-corrected chi connectivity index (χ4v) is 1.24. The van der Waals surface area contributed by atoms with Crippen molar-refractivity contribution in [2.45, 2.75) is 19.8 Å². The molecule has 0 aliphatic heterocycles. The molecule has 0 bridgehead atoms. The van der Waals surface area contributed by atoms with Gasteiger partial charge in [0.15, 0.2) is 0 Å². The van der Waals surface area contributed by atoms with Gasteiger partial charge in [-0.15, -0.1) is 0 Å². The summed E-state index contributed by atoms with van der Waals surface area (Å²) >= 11 is 0. The fraction of sp³-hybridized carbons (Fsp3) is 0.364. The molecule has 0 aromatic heterocycles. The highest BCUT2D eigenvalue weighted by Crippen LogP contribution is 2.23. The van der Waals surface area contributed by atoms with Crippen molar-refractivity contribution in [3.05, 3.63) is 23.8 Å². The van der Waals surface area contributed by atoms with Gasteiger partial charge in [-0.25, -0.2) is 0 Å². The van der Waals surface area contributed by atoms with Gasteiger partial charge in [-0.3, -0.25) is 0 Å². The molecule has 14 heavy (non-hydrogen) atoms. The lowest BCUT2D eigenvalue weighted by molar-refractivity contribution is -0.108. The Morgan fingerprint density at radius 1 is 1.50 bits per heavy atom. The van der Waals surface area contributed by atoms with Crippen LogP contribution in [0.3, 0.4) is 0 Å². The standard InChI is InChI=1S/C11H15NO2/c1-3-14-11-5-9(8(2)7-13)4-10(12)6-11/h4-8H,3,12H2,1-2H3. The van der Waals surface area contributed by atoms with Crippen LogP contribution in [0.4, 0.5) is 5.69 Å². The summed E-state index contributed by atoms with van der Waals surface area (Å²) in [5.41, 5.74) is 7.20. The van der Waals surface area contributed by atoms with Gasteiger partial charge < -0.3 is 15.3 Å². The lowest BCUT2D eigenvalue weighted by atomic mass is 10.0. The van der Waals surface area contributed by atoms with Crippen LogP contribution in [0.25, 0.3) is 0 Å². The Bertz CT molecular complexity index is 323. The predicted molar refractivity (Wildman–Crippen MR) is 56.5 cm³/mol. The van der Waals surface area contributed by atoms with E-state index in [1.54, 1.807) is 12.1 Å². The highest BCUT2D eigenvalue weighted by molar-refractivity contribution is 5.63. The van der Waals surface area contributed by atoms with E-state index in [2.05, 4.69) is 0 Å². The third-order valence-corrected chi connectivity index (χ3v) is 1.99. The molecule has 1 aromatic carbocycles. The normalized spacial score (nSPS) is 12.1. The summed E-state index contributed by atoms with van der Waals surface area (Å²) in [6.07, 6.45) is 0.893. The zero-order chi connectivity index (χ0) is 10.6. The van der Waals surface area contributed by atoms with Crippen LogP contribution >= 0.6 is 0 Å². The van der Waals surface area contributed by atoms with E-state index in [1.165, 1.54) is 0 Å². The highest BCUT2D eigenvalue weighted by Gasteiger charge is 2.06. The van der Waals surface area contributed by atoms with Gasteiger partial charge >= 0.3 is 0 Å². The summed E-state index contributed by atoms with van der Waals surface area (Å²) in [7, 11) is 0. The number of benzene rings is 1. The first kappa shape index (κ1) is 10.6. The Hall–Kier alpha value is -1.51. The maximum Gasteiger partial charge on any atom is 0.127 e. The minimum Gasteiger partial charge on any atom is -0.494 e. The Balaban J connectivity index is 3.00. The molecule has 1 atom stereocenters. The van der Waals surface area contributed by atoms with E-state index in [0.29, 0.717) is 12.3 Å². The van der Waals surface area contributed by atoms with E-state index >= 15 is 0 Å². The summed E-state index contributed by atoms with van der Waals surface area (Å²) in [6, 6.07) is 5.39. The molecule has 0 amide bonds. The quantitative estimate of drug-likeness (QED) is 0.587. The van der Waals surface area contributed by atoms with E-state index in [9.17, 15) is 4.79 Å². The minimum atomic E-state index is -0.141. The molecular formula is C11H15NO2. The van der Waals surface area contributed by atoms with Gasteiger partial charge in [-0.1, -0.05) is 6.92 Å². The predicted octanol–water partition coefficient (Wildman–Crippen LogP) is 1.97. The Morgan fingerprint density at radius 3 is 2.79 bits per heavy atom. The molecular weight excluding hydrogens is 178 g/mol. The van der Waals surface area contributed by atoms with E-state index < -0.39 is 0 Å². The SMILES string of the molecule is CCOc1cc(N)cc(C(C)C=O)c1. The molecule has 1 aromatic rings. The second kappa shape index (κ2) is 4.65. The van der Waals surface area contributed by atoms with Gasteiger partial charge in [0.05, 0.1) is 6.61 Å². The number of nitrogen functional groups attached to an aromatic ring is 1. The van der Waals surface area contributed by atoms with E-state index in [0.717, 1.165) is 17.6 Å². The smallest absolute Gasteiger partial charge is 0.127 e. The monoisotopic (exact) mass is 193 g/mol. The van der Waals surface area contributed by atoms with Crippen molar-refractivity contribution < 1.29 is 9.53 Å². The Morgan fingerprint density at radius 2 is 2.21 bits per heavy atom. The molecule has 0 aliphatic rings. The van der Waals surface area contributed by atoms with E-state index in [4.69, 9.17) is 10.5 Å². The molecule has 1 unspecified atom stereocenters. The van der Waals surface area contributed by atoms with Crippen molar-refractivity contribution in [2.75, 3.05) is 12.3 Å². The second-order valence-electron chi connectivity index (χ2n) is 3.19. The van der Waals surface area contributed by atoms with Crippen molar-refractivity contribution in [1.29, 1.82) is 0 Å². The molecule has 0 saturated carbocycles. The molecule has 0 fully saturated rings. The number of ether oxygens (including phenoxy) is 1. The first-order valence-electron chi connectivity index (χ1n) is 4.66. The van der Waals surface area contributed by atoms with Crippen LogP contribution in [0.1, 0.15) is 25.3 Å². The van der Waals surface area contributed by atoms with Gasteiger partial charge in [0, 0.05) is 17.7 Å². The van der Waals surface area contributed by atoms with Crippen LogP contribution in [0.15, 0.2) is 18.2 Å². The van der Waals surface area contributed by atoms with Crippen LogP contribution in [-0.2, 0) is 4.79 Å². The number of rotatable bonds is 4. The number of carbonyl (C=O) groups excluding carboxylic acids is 1. The molecule has 2 N–H and O–H groups in total. The zero-order valence-electron chi connectivity index (χ0n) is 8.49. The van der Waals surface area contributed by atoms with Crippen molar-refractivity contribution in [2.24, 2.45) is 0 Å². The van der Waals surface area contributed by atoms with Crippen LogP contribution in [0.5, 0.6) is 5.75 Å². The lowest BCUT2D eigenvalue weighted by Gasteiger charge is -2.09. The first-order chi connectivity index (χ1) is 6.67. The van der Waals surface area contributed by atoms with Gasteiger partial charge in [0.25, 0.3) is 0 Å². The lowest BCUT2D eigenvalue weighted by Crippen LogP contribution is -1.99. The van der Waals surface area contributed by atoms with Crippen LogP contribution in [0.2, 0.25) is 0 Å². The number of aldehydes is 1. The number of anilines is 1. The molecule has 3 heteroatoms. The van der Waals surface area contributed by atoms with Gasteiger partial charge in [0.1, 0.15) is 12.0 Å². The number of hydrogen-bond acceptors (Lipinski definition) is 3. The largest absolute Gasteiger partial charge is 0.494 e. The molecule has 3 nitrogen and oxygen atoms in total. The van der Waals surface area contributed by atoms with Gasteiger partial charge in [-0.2, -0.15) is 0 Å². The summed E-state index contributed by atoms with van der Waals surface area (Å²) in [5, 5.41) is 0. The molecule has 0 heterocycles. The van der Waals surface area contributed by atoms with Crippen LogP contribution in [0, 0.1) is 0 Å².